The zero-order valence-electron chi connectivity index (χ0n) is 13.2. The van der Waals surface area contributed by atoms with Gasteiger partial charge in [-0.15, -0.1) is 0 Å². The normalized spacial score (nSPS) is 54.6. The van der Waals surface area contributed by atoms with E-state index in [2.05, 4.69) is 19.9 Å². The molecule has 0 unspecified atom stereocenters. The molecule has 0 saturated heterocycles. The smallest absolute Gasteiger partial charge is 0.0577 e. The van der Waals surface area contributed by atoms with Crippen LogP contribution in [0, 0.1) is 28.6 Å². The first-order valence-corrected chi connectivity index (χ1v) is 8.90. The van der Waals surface area contributed by atoms with Crippen molar-refractivity contribution >= 4 is 0 Å². The number of hydrogen-bond donors (Lipinski definition) is 1. The minimum Gasteiger partial charge on any atom is -0.393 e. The summed E-state index contributed by atoms with van der Waals surface area (Å²) in [5, 5.41) is 10.0. The predicted octanol–water partition coefficient (Wildman–Crippen LogP) is 4.70. The van der Waals surface area contributed by atoms with Gasteiger partial charge < -0.3 is 5.11 Å². The fourth-order valence-corrected chi connectivity index (χ4v) is 6.63. The van der Waals surface area contributed by atoms with Gasteiger partial charge in [0.25, 0.3) is 0 Å². The standard InChI is InChI=1S/C19H30O/c1-18-9-3-4-16(18)15-6-5-13-12-14(20)7-11-19(13,2)17(15)8-10-18/h5,14-17,20H,3-4,6-12H2,1-2H3/t14-,15-,16-,17-,18+,19+/m1/s1. The van der Waals surface area contributed by atoms with Crippen molar-refractivity contribution in [3.63, 3.8) is 0 Å². The Bertz CT molecular complexity index is 439. The number of allylic oxidation sites excluding steroid dienone is 1. The monoisotopic (exact) mass is 274 g/mol. The van der Waals surface area contributed by atoms with Crippen LogP contribution in [0.3, 0.4) is 0 Å². The highest BCUT2D eigenvalue weighted by molar-refractivity contribution is 5.25. The summed E-state index contributed by atoms with van der Waals surface area (Å²) < 4.78 is 0. The van der Waals surface area contributed by atoms with Crippen LogP contribution in [0.5, 0.6) is 0 Å². The number of aliphatic hydroxyl groups excluding tert-OH is 1. The van der Waals surface area contributed by atoms with Crippen molar-refractivity contribution in [1.82, 2.24) is 0 Å². The van der Waals surface area contributed by atoms with E-state index in [0.717, 1.165) is 30.6 Å². The fraction of sp³-hybridized carbons (Fsp3) is 0.895. The van der Waals surface area contributed by atoms with E-state index in [-0.39, 0.29) is 6.10 Å². The number of hydrogen-bond acceptors (Lipinski definition) is 1. The quantitative estimate of drug-likeness (QED) is 0.635. The average Bonchev–Trinajstić information content (AvgIpc) is 2.81. The van der Waals surface area contributed by atoms with E-state index in [0.29, 0.717) is 10.8 Å². The first kappa shape index (κ1) is 13.4. The fourth-order valence-electron chi connectivity index (χ4n) is 6.63. The zero-order chi connectivity index (χ0) is 14.0. The third-order valence-electron chi connectivity index (χ3n) is 7.86. The maximum absolute atomic E-state index is 10.0. The summed E-state index contributed by atoms with van der Waals surface area (Å²) in [7, 11) is 0. The molecule has 0 aromatic carbocycles. The van der Waals surface area contributed by atoms with Gasteiger partial charge in [0.1, 0.15) is 0 Å². The van der Waals surface area contributed by atoms with Crippen LogP contribution in [0.1, 0.15) is 71.6 Å². The SMILES string of the molecule is C[C@@]12CCC[C@@H]1[C@H]1CC=C3C[C@H](O)CC[C@]3(C)[C@@H]1CC2. The maximum Gasteiger partial charge on any atom is 0.0577 e. The van der Waals surface area contributed by atoms with Gasteiger partial charge in [-0.1, -0.05) is 31.9 Å². The van der Waals surface area contributed by atoms with E-state index in [1.54, 1.807) is 5.57 Å². The Labute approximate surface area is 123 Å². The molecule has 0 aromatic rings. The Hall–Kier alpha value is -0.300. The van der Waals surface area contributed by atoms with E-state index in [9.17, 15) is 5.11 Å². The Morgan fingerprint density at radius 3 is 2.75 bits per heavy atom. The lowest BCUT2D eigenvalue weighted by Gasteiger charge is -2.57. The summed E-state index contributed by atoms with van der Waals surface area (Å²) in [4.78, 5) is 0. The highest BCUT2D eigenvalue weighted by Gasteiger charge is 2.55. The second kappa shape index (κ2) is 4.35. The van der Waals surface area contributed by atoms with Gasteiger partial charge >= 0.3 is 0 Å². The summed E-state index contributed by atoms with van der Waals surface area (Å²) in [5.74, 6) is 2.84. The summed E-state index contributed by atoms with van der Waals surface area (Å²) in [6.45, 7) is 5.10. The second-order valence-corrected chi connectivity index (χ2v) is 8.74. The Kier molecular flexibility index (Phi) is 2.91. The lowest BCUT2D eigenvalue weighted by molar-refractivity contribution is -0.0360. The number of fused-ring (bicyclic) bond motifs is 5. The minimum atomic E-state index is -0.0637. The summed E-state index contributed by atoms with van der Waals surface area (Å²) in [5.41, 5.74) is 2.70. The molecule has 4 rings (SSSR count). The third kappa shape index (κ3) is 1.71. The van der Waals surface area contributed by atoms with Crippen molar-refractivity contribution in [2.45, 2.75) is 77.7 Å². The van der Waals surface area contributed by atoms with Crippen LogP contribution in [0.25, 0.3) is 0 Å². The van der Waals surface area contributed by atoms with Crippen molar-refractivity contribution in [3.8, 4) is 0 Å². The zero-order valence-corrected chi connectivity index (χ0v) is 13.2. The van der Waals surface area contributed by atoms with Gasteiger partial charge in [-0.2, -0.15) is 0 Å². The van der Waals surface area contributed by atoms with Crippen molar-refractivity contribution in [2.75, 3.05) is 0 Å². The van der Waals surface area contributed by atoms with Crippen LogP contribution in [0.2, 0.25) is 0 Å². The molecule has 4 aliphatic rings. The van der Waals surface area contributed by atoms with Gasteiger partial charge in [-0.3, -0.25) is 0 Å². The number of rotatable bonds is 0. The van der Waals surface area contributed by atoms with Crippen LogP contribution >= 0.6 is 0 Å². The molecule has 1 nitrogen and oxygen atoms in total. The van der Waals surface area contributed by atoms with E-state index < -0.39 is 0 Å². The van der Waals surface area contributed by atoms with Gasteiger partial charge in [0.2, 0.25) is 0 Å². The highest BCUT2D eigenvalue weighted by atomic mass is 16.3. The average molecular weight is 274 g/mol. The molecule has 3 saturated carbocycles. The first-order chi connectivity index (χ1) is 9.53. The molecule has 0 heterocycles. The van der Waals surface area contributed by atoms with E-state index in [4.69, 9.17) is 0 Å². The molecular weight excluding hydrogens is 244 g/mol. The molecule has 20 heavy (non-hydrogen) atoms. The lowest BCUT2D eigenvalue weighted by Crippen LogP contribution is -2.49. The van der Waals surface area contributed by atoms with Crippen LogP contribution in [0.4, 0.5) is 0 Å². The topological polar surface area (TPSA) is 20.2 Å². The van der Waals surface area contributed by atoms with E-state index in [1.165, 1.54) is 44.9 Å². The molecule has 112 valence electrons. The number of aliphatic hydroxyl groups is 1. The molecule has 0 amide bonds. The van der Waals surface area contributed by atoms with Gasteiger partial charge in [-0.25, -0.2) is 0 Å². The maximum atomic E-state index is 10.0. The largest absolute Gasteiger partial charge is 0.393 e. The molecule has 0 radical (unpaired) electrons. The van der Waals surface area contributed by atoms with Gasteiger partial charge in [0.15, 0.2) is 0 Å². The Morgan fingerprint density at radius 1 is 1.05 bits per heavy atom. The molecular formula is C19H30O. The second-order valence-electron chi connectivity index (χ2n) is 8.74. The molecule has 0 bridgehead atoms. The molecule has 0 spiro atoms. The van der Waals surface area contributed by atoms with Crippen LogP contribution in [0.15, 0.2) is 11.6 Å². The summed E-state index contributed by atoms with van der Waals surface area (Å²) >= 11 is 0. The van der Waals surface area contributed by atoms with Crippen molar-refractivity contribution in [1.29, 1.82) is 0 Å². The van der Waals surface area contributed by atoms with E-state index in [1.807, 2.05) is 0 Å². The molecule has 1 heteroatoms. The summed E-state index contributed by atoms with van der Waals surface area (Å²) in [6.07, 6.45) is 14.3. The summed E-state index contributed by atoms with van der Waals surface area (Å²) in [6, 6.07) is 0. The molecule has 3 fully saturated rings. The van der Waals surface area contributed by atoms with Crippen LogP contribution < -0.4 is 0 Å². The third-order valence-corrected chi connectivity index (χ3v) is 7.86. The molecule has 0 aromatic heterocycles. The molecule has 4 aliphatic carbocycles. The van der Waals surface area contributed by atoms with Crippen molar-refractivity contribution in [3.05, 3.63) is 11.6 Å². The van der Waals surface area contributed by atoms with Crippen LogP contribution in [-0.2, 0) is 0 Å². The highest BCUT2D eigenvalue weighted by Crippen LogP contribution is 2.64. The van der Waals surface area contributed by atoms with Gasteiger partial charge in [0.05, 0.1) is 6.10 Å². The first-order valence-electron chi connectivity index (χ1n) is 8.90. The van der Waals surface area contributed by atoms with E-state index >= 15 is 0 Å². The molecule has 0 aliphatic heterocycles. The Balaban J connectivity index is 1.68. The van der Waals surface area contributed by atoms with Crippen LogP contribution in [-0.4, -0.2) is 11.2 Å². The molecule has 6 atom stereocenters. The Morgan fingerprint density at radius 2 is 1.90 bits per heavy atom. The van der Waals surface area contributed by atoms with Crippen molar-refractivity contribution < 1.29 is 5.11 Å². The lowest BCUT2D eigenvalue weighted by atomic mass is 9.48. The molecule has 1 N–H and O–H groups in total. The predicted molar refractivity (Wildman–Crippen MR) is 82.3 cm³/mol. The van der Waals surface area contributed by atoms with Gasteiger partial charge in [-0.05, 0) is 80.0 Å². The van der Waals surface area contributed by atoms with Crippen molar-refractivity contribution in [2.24, 2.45) is 28.6 Å². The minimum absolute atomic E-state index is 0.0637. The van der Waals surface area contributed by atoms with Gasteiger partial charge in [0, 0.05) is 0 Å².